The standard InChI is InChI=1S/C16H24FN/c1-3-18-16-8-6-4-5-7-14(16)13-9-10-15(17)12(2)11-13/h9-11,14,16,18H,3-8H2,1-2H3. The van der Waals surface area contributed by atoms with Crippen LogP contribution in [0.5, 0.6) is 0 Å². The van der Waals surface area contributed by atoms with E-state index in [0.717, 1.165) is 12.1 Å². The highest BCUT2D eigenvalue weighted by atomic mass is 19.1. The van der Waals surface area contributed by atoms with E-state index in [9.17, 15) is 4.39 Å². The molecule has 0 bridgehead atoms. The monoisotopic (exact) mass is 249 g/mol. The molecule has 1 N–H and O–H groups in total. The van der Waals surface area contributed by atoms with Gasteiger partial charge in [0.25, 0.3) is 0 Å². The topological polar surface area (TPSA) is 12.0 Å². The van der Waals surface area contributed by atoms with Gasteiger partial charge in [-0.3, -0.25) is 0 Å². The van der Waals surface area contributed by atoms with Crippen LogP contribution in [-0.4, -0.2) is 12.6 Å². The molecule has 18 heavy (non-hydrogen) atoms. The summed E-state index contributed by atoms with van der Waals surface area (Å²) >= 11 is 0. The largest absolute Gasteiger partial charge is 0.314 e. The first-order chi connectivity index (χ1) is 8.72. The first-order valence-electron chi connectivity index (χ1n) is 7.21. The maximum atomic E-state index is 13.4. The highest BCUT2D eigenvalue weighted by molar-refractivity contribution is 5.28. The molecule has 1 aromatic carbocycles. The van der Waals surface area contributed by atoms with E-state index in [1.54, 1.807) is 6.07 Å². The Morgan fingerprint density at radius 1 is 1.22 bits per heavy atom. The van der Waals surface area contributed by atoms with Crippen molar-refractivity contribution in [3.8, 4) is 0 Å². The Labute approximate surface area is 110 Å². The van der Waals surface area contributed by atoms with Crippen molar-refractivity contribution in [2.75, 3.05) is 6.54 Å². The number of hydrogen-bond acceptors (Lipinski definition) is 1. The Kier molecular flexibility index (Phi) is 4.76. The molecule has 0 spiro atoms. The second kappa shape index (κ2) is 6.33. The summed E-state index contributed by atoms with van der Waals surface area (Å²) < 4.78 is 13.4. The fraction of sp³-hybridized carbons (Fsp3) is 0.625. The lowest BCUT2D eigenvalue weighted by molar-refractivity contribution is 0.419. The Morgan fingerprint density at radius 3 is 2.72 bits per heavy atom. The molecule has 100 valence electrons. The molecule has 0 radical (unpaired) electrons. The van der Waals surface area contributed by atoms with Crippen LogP contribution in [0, 0.1) is 12.7 Å². The molecule has 0 aliphatic heterocycles. The highest BCUT2D eigenvalue weighted by Crippen LogP contribution is 2.32. The third-order valence-corrected chi connectivity index (χ3v) is 4.09. The molecular formula is C16H24FN. The SMILES string of the molecule is CCNC1CCCCCC1c1ccc(F)c(C)c1. The summed E-state index contributed by atoms with van der Waals surface area (Å²) in [5, 5.41) is 3.61. The Hall–Kier alpha value is -0.890. The van der Waals surface area contributed by atoms with E-state index in [4.69, 9.17) is 0 Å². The van der Waals surface area contributed by atoms with Gasteiger partial charge in [-0.25, -0.2) is 4.39 Å². The third-order valence-electron chi connectivity index (χ3n) is 4.09. The van der Waals surface area contributed by atoms with Crippen LogP contribution >= 0.6 is 0 Å². The first-order valence-corrected chi connectivity index (χ1v) is 7.21. The molecule has 1 aliphatic carbocycles. The van der Waals surface area contributed by atoms with Crippen LogP contribution in [0.1, 0.15) is 56.1 Å². The van der Waals surface area contributed by atoms with Crippen molar-refractivity contribution >= 4 is 0 Å². The van der Waals surface area contributed by atoms with E-state index >= 15 is 0 Å². The maximum absolute atomic E-state index is 13.4. The Morgan fingerprint density at radius 2 is 2.00 bits per heavy atom. The molecular weight excluding hydrogens is 225 g/mol. The fourth-order valence-corrected chi connectivity index (χ4v) is 3.11. The number of halogens is 1. The van der Waals surface area contributed by atoms with Crippen LogP contribution in [0.4, 0.5) is 4.39 Å². The molecule has 0 amide bonds. The molecule has 0 heterocycles. The molecule has 2 heteroatoms. The molecule has 1 fully saturated rings. The van der Waals surface area contributed by atoms with E-state index in [2.05, 4.69) is 12.2 Å². The quantitative estimate of drug-likeness (QED) is 0.793. The van der Waals surface area contributed by atoms with Crippen molar-refractivity contribution in [3.05, 3.63) is 35.1 Å². The van der Waals surface area contributed by atoms with Gasteiger partial charge in [0.1, 0.15) is 5.82 Å². The summed E-state index contributed by atoms with van der Waals surface area (Å²) in [4.78, 5) is 0. The average Bonchev–Trinajstić information content (AvgIpc) is 2.59. The first kappa shape index (κ1) is 13.5. The van der Waals surface area contributed by atoms with Gasteiger partial charge in [-0.2, -0.15) is 0 Å². The van der Waals surface area contributed by atoms with Crippen molar-refractivity contribution in [1.29, 1.82) is 0 Å². The van der Waals surface area contributed by atoms with Crippen LogP contribution in [0.2, 0.25) is 0 Å². The van der Waals surface area contributed by atoms with Crippen LogP contribution in [0.15, 0.2) is 18.2 Å². The van der Waals surface area contributed by atoms with Crippen LogP contribution < -0.4 is 5.32 Å². The van der Waals surface area contributed by atoms with Gasteiger partial charge in [0.05, 0.1) is 0 Å². The van der Waals surface area contributed by atoms with Crippen molar-refractivity contribution in [1.82, 2.24) is 5.32 Å². The van der Waals surface area contributed by atoms with E-state index < -0.39 is 0 Å². The summed E-state index contributed by atoms with van der Waals surface area (Å²) in [7, 11) is 0. The summed E-state index contributed by atoms with van der Waals surface area (Å²) in [6.07, 6.45) is 6.41. The zero-order chi connectivity index (χ0) is 13.0. The average molecular weight is 249 g/mol. The molecule has 2 atom stereocenters. The van der Waals surface area contributed by atoms with Crippen molar-refractivity contribution in [3.63, 3.8) is 0 Å². The zero-order valence-electron chi connectivity index (χ0n) is 11.5. The smallest absolute Gasteiger partial charge is 0.126 e. The molecule has 0 saturated heterocycles. The molecule has 1 aromatic rings. The molecule has 2 rings (SSSR count). The van der Waals surface area contributed by atoms with Gasteiger partial charge in [0.15, 0.2) is 0 Å². The van der Waals surface area contributed by atoms with Gasteiger partial charge in [-0.15, -0.1) is 0 Å². The fourth-order valence-electron chi connectivity index (χ4n) is 3.11. The number of nitrogens with one attached hydrogen (secondary N) is 1. The number of rotatable bonds is 3. The minimum atomic E-state index is -0.0904. The number of likely N-dealkylation sites (N-methyl/N-ethyl adjacent to an activating group) is 1. The lowest BCUT2D eigenvalue weighted by Crippen LogP contribution is -2.34. The molecule has 1 nitrogen and oxygen atoms in total. The summed E-state index contributed by atoms with van der Waals surface area (Å²) in [5.74, 6) is 0.458. The van der Waals surface area contributed by atoms with E-state index in [1.165, 1.54) is 37.7 Å². The van der Waals surface area contributed by atoms with Crippen molar-refractivity contribution in [2.24, 2.45) is 0 Å². The van der Waals surface area contributed by atoms with Crippen molar-refractivity contribution in [2.45, 2.75) is 57.9 Å². The third kappa shape index (κ3) is 3.11. The predicted octanol–water partition coefficient (Wildman–Crippen LogP) is 4.16. The molecule has 1 saturated carbocycles. The van der Waals surface area contributed by atoms with Crippen LogP contribution in [0.3, 0.4) is 0 Å². The second-order valence-electron chi connectivity index (χ2n) is 5.42. The van der Waals surface area contributed by atoms with Gasteiger partial charge in [-0.1, -0.05) is 38.3 Å². The Balaban J connectivity index is 2.22. The van der Waals surface area contributed by atoms with Gasteiger partial charge < -0.3 is 5.32 Å². The minimum absolute atomic E-state index is 0.0904. The van der Waals surface area contributed by atoms with Gasteiger partial charge in [-0.05, 0) is 49.4 Å². The summed E-state index contributed by atoms with van der Waals surface area (Å²) in [5.41, 5.74) is 2.08. The van der Waals surface area contributed by atoms with Gasteiger partial charge >= 0.3 is 0 Å². The number of benzene rings is 1. The zero-order valence-corrected chi connectivity index (χ0v) is 11.5. The van der Waals surface area contributed by atoms with Gasteiger partial charge in [0, 0.05) is 6.04 Å². The lowest BCUT2D eigenvalue weighted by Gasteiger charge is -2.26. The predicted molar refractivity (Wildman–Crippen MR) is 74.4 cm³/mol. The maximum Gasteiger partial charge on any atom is 0.126 e. The summed E-state index contributed by atoms with van der Waals surface area (Å²) in [6.45, 7) is 5.04. The van der Waals surface area contributed by atoms with Crippen LogP contribution in [0.25, 0.3) is 0 Å². The van der Waals surface area contributed by atoms with E-state index in [1.807, 2.05) is 19.1 Å². The summed E-state index contributed by atoms with van der Waals surface area (Å²) in [6, 6.07) is 6.19. The minimum Gasteiger partial charge on any atom is -0.314 e. The number of aryl methyl sites for hydroxylation is 1. The number of hydrogen-bond donors (Lipinski definition) is 1. The molecule has 2 unspecified atom stereocenters. The molecule has 0 aromatic heterocycles. The van der Waals surface area contributed by atoms with Crippen molar-refractivity contribution < 1.29 is 4.39 Å². The highest BCUT2D eigenvalue weighted by Gasteiger charge is 2.24. The van der Waals surface area contributed by atoms with Crippen LogP contribution in [-0.2, 0) is 0 Å². The normalized spacial score (nSPS) is 24.8. The lowest BCUT2D eigenvalue weighted by atomic mass is 9.87. The second-order valence-corrected chi connectivity index (χ2v) is 5.42. The van der Waals surface area contributed by atoms with E-state index in [0.29, 0.717) is 12.0 Å². The Bertz CT molecular complexity index is 389. The molecule has 1 aliphatic rings. The van der Waals surface area contributed by atoms with Gasteiger partial charge in [0.2, 0.25) is 0 Å². The van der Waals surface area contributed by atoms with E-state index in [-0.39, 0.29) is 5.82 Å².